The number of nitro groups is 1. The summed E-state index contributed by atoms with van der Waals surface area (Å²) in [7, 11) is 0. The highest BCUT2D eigenvalue weighted by Gasteiger charge is 2.15. The van der Waals surface area contributed by atoms with Crippen molar-refractivity contribution in [3.8, 4) is 0 Å². The van der Waals surface area contributed by atoms with E-state index in [4.69, 9.17) is 0 Å². The molecule has 2 rings (SSSR count). The lowest BCUT2D eigenvalue weighted by molar-refractivity contribution is -0.385. The summed E-state index contributed by atoms with van der Waals surface area (Å²) in [6.07, 6.45) is 0. The van der Waals surface area contributed by atoms with Crippen LogP contribution >= 0.6 is 0 Å². The van der Waals surface area contributed by atoms with Gasteiger partial charge in [-0.1, -0.05) is 12.1 Å². The van der Waals surface area contributed by atoms with E-state index in [-0.39, 0.29) is 17.2 Å². The van der Waals surface area contributed by atoms with Crippen molar-refractivity contribution in [2.24, 2.45) is 0 Å². The molecule has 2 aromatic rings. The number of carbonyl (C=O) groups excluding carboxylic acids is 1. The number of carbonyl (C=O) groups is 1. The number of nitrogens with zero attached hydrogens (tertiary/aromatic N) is 1. The van der Waals surface area contributed by atoms with Gasteiger partial charge in [-0.05, 0) is 50.1 Å². The second-order valence-corrected chi connectivity index (χ2v) is 5.09. The predicted molar refractivity (Wildman–Crippen MR) is 81.7 cm³/mol. The van der Waals surface area contributed by atoms with Gasteiger partial charge in [0.25, 0.3) is 11.6 Å². The zero-order valence-corrected chi connectivity index (χ0v) is 12.1. The molecule has 0 unspecified atom stereocenters. The van der Waals surface area contributed by atoms with Crippen LogP contribution in [0.5, 0.6) is 0 Å². The molecule has 0 fully saturated rings. The van der Waals surface area contributed by atoms with Gasteiger partial charge in [-0.15, -0.1) is 0 Å². The molecule has 21 heavy (non-hydrogen) atoms. The molecule has 0 spiro atoms. The molecular weight excluding hydrogens is 268 g/mol. The first kappa shape index (κ1) is 14.7. The lowest BCUT2D eigenvalue weighted by atomic mass is 10.1. The fourth-order valence-corrected chi connectivity index (χ4v) is 2.20. The summed E-state index contributed by atoms with van der Waals surface area (Å²) in [4.78, 5) is 22.6. The Balaban J connectivity index is 2.28. The minimum Gasteiger partial charge on any atom is -0.322 e. The van der Waals surface area contributed by atoms with Crippen LogP contribution in [0.1, 0.15) is 27.0 Å². The second kappa shape index (κ2) is 5.75. The molecule has 0 bridgehead atoms. The van der Waals surface area contributed by atoms with Gasteiger partial charge in [-0.3, -0.25) is 14.9 Å². The standard InChI is InChI=1S/C16H16N2O3/c1-10-6-11(2)8-14(7-10)17-16(19)13-5-4-12(3)15(9-13)18(20)21/h4-9H,1-3H3,(H,17,19). The smallest absolute Gasteiger partial charge is 0.273 e. The number of anilines is 1. The molecular formula is C16H16N2O3. The van der Waals surface area contributed by atoms with Crippen molar-refractivity contribution in [1.29, 1.82) is 0 Å². The Morgan fingerprint density at radius 1 is 1.05 bits per heavy atom. The first-order valence-corrected chi connectivity index (χ1v) is 6.51. The second-order valence-electron chi connectivity index (χ2n) is 5.09. The lowest BCUT2D eigenvalue weighted by Crippen LogP contribution is -2.12. The molecule has 1 amide bonds. The number of hydrogen-bond donors (Lipinski definition) is 1. The van der Waals surface area contributed by atoms with Crippen LogP contribution in [-0.2, 0) is 0 Å². The highest BCUT2D eigenvalue weighted by molar-refractivity contribution is 6.04. The molecule has 1 N–H and O–H groups in total. The summed E-state index contributed by atoms with van der Waals surface area (Å²) in [5, 5.41) is 13.7. The topological polar surface area (TPSA) is 72.2 Å². The minimum absolute atomic E-state index is 0.0527. The maximum Gasteiger partial charge on any atom is 0.273 e. The van der Waals surface area contributed by atoms with E-state index < -0.39 is 4.92 Å². The van der Waals surface area contributed by atoms with Crippen LogP contribution in [0.2, 0.25) is 0 Å². The van der Waals surface area contributed by atoms with Crippen LogP contribution in [0.15, 0.2) is 36.4 Å². The van der Waals surface area contributed by atoms with E-state index in [1.54, 1.807) is 19.1 Å². The van der Waals surface area contributed by atoms with E-state index in [2.05, 4.69) is 5.32 Å². The van der Waals surface area contributed by atoms with Gasteiger partial charge >= 0.3 is 0 Å². The number of amides is 1. The third-order valence-electron chi connectivity index (χ3n) is 3.15. The molecule has 5 nitrogen and oxygen atoms in total. The number of nitrogens with one attached hydrogen (secondary N) is 1. The van der Waals surface area contributed by atoms with Crippen molar-refractivity contribution >= 4 is 17.3 Å². The lowest BCUT2D eigenvalue weighted by Gasteiger charge is -2.08. The van der Waals surface area contributed by atoms with Gasteiger partial charge in [-0.25, -0.2) is 0 Å². The molecule has 0 aliphatic rings. The van der Waals surface area contributed by atoms with Crippen molar-refractivity contribution in [2.75, 3.05) is 5.32 Å². The van der Waals surface area contributed by atoms with E-state index in [1.165, 1.54) is 6.07 Å². The van der Waals surface area contributed by atoms with Gasteiger partial charge in [-0.2, -0.15) is 0 Å². The Morgan fingerprint density at radius 2 is 1.67 bits per heavy atom. The quantitative estimate of drug-likeness (QED) is 0.688. The van der Waals surface area contributed by atoms with Gasteiger partial charge < -0.3 is 5.32 Å². The molecule has 0 aromatic heterocycles. The van der Waals surface area contributed by atoms with Crippen LogP contribution in [-0.4, -0.2) is 10.8 Å². The van der Waals surface area contributed by atoms with Gasteiger partial charge in [0.15, 0.2) is 0 Å². The maximum atomic E-state index is 12.2. The number of rotatable bonds is 3. The molecule has 5 heteroatoms. The average Bonchev–Trinajstić information content (AvgIpc) is 2.37. The van der Waals surface area contributed by atoms with Gasteiger partial charge in [0.1, 0.15) is 0 Å². The summed E-state index contributed by atoms with van der Waals surface area (Å²) in [6, 6.07) is 10.2. The zero-order chi connectivity index (χ0) is 15.6. The Kier molecular flexibility index (Phi) is 4.03. The van der Waals surface area contributed by atoms with Crippen LogP contribution in [0.25, 0.3) is 0 Å². The van der Waals surface area contributed by atoms with Crippen molar-refractivity contribution in [1.82, 2.24) is 0 Å². The Morgan fingerprint density at radius 3 is 2.24 bits per heavy atom. The van der Waals surface area contributed by atoms with Gasteiger partial charge in [0, 0.05) is 22.9 Å². The van der Waals surface area contributed by atoms with Crippen LogP contribution in [0.4, 0.5) is 11.4 Å². The third kappa shape index (κ3) is 3.45. The van der Waals surface area contributed by atoms with E-state index in [1.807, 2.05) is 32.0 Å². The van der Waals surface area contributed by atoms with Crippen molar-refractivity contribution in [2.45, 2.75) is 20.8 Å². The Labute approximate surface area is 122 Å². The van der Waals surface area contributed by atoms with E-state index >= 15 is 0 Å². The number of nitro benzene ring substituents is 1. The SMILES string of the molecule is Cc1cc(C)cc(NC(=O)c2ccc(C)c([N+](=O)[O-])c2)c1. The van der Waals surface area contributed by atoms with Crippen molar-refractivity contribution in [3.63, 3.8) is 0 Å². The summed E-state index contributed by atoms with van der Waals surface area (Å²) in [5.74, 6) is -0.358. The van der Waals surface area contributed by atoms with Crippen molar-refractivity contribution < 1.29 is 9.72 Å². The molecule has 0 radical (unpaired) electrons. The molecule has 0 saturated carbocycles. The average molecular weight is 284 g/mol. The predicted octanol–water partition coefficient (Wildman–Crippen LogP) is 3.77. The summed E-state index contributed by atoms with van der Waals surface area (Å²) >= 11 is 0. The fourth-order valence-electron chi connectivity index (χ4n) is 2.20. The summed E-state index contributed by atoms with van der Waals surface area (Å²) in [6.45, 7) is 5.53. The highest BCUT2D eigenvalue weighted by atomic mass is 16.6. The van der Waals surface area contributed by atoms with E-state index in [0.29, 0.717) is 11.3 Å². The minimum atomic E-state index is -0.483. The normalized spacial score (nSPS) is 10.2. The number of benzene rings is 2. The molecule has 0 atom stereocenters. The number of aryl methyl sites for hydroxylation is 3. The largest absolute Gasteiger partial charge is 0.322 e. The van der Waals surface area contributed by atoms with Gasteiger partial charge in [0.2, 0.25) is 0 Å². The monoisotopic (exact) mass is 284 g/mol. The van der Waals surface area contributed by atoms with Gasteiger partial charge in [0.05, 0.1) is 4.92 Å². The Hall–Kier alpha value is -2.69. The molecule has 0 heterocycles. The van der Waals surface area contributed by atoms with Crippen molar-refractivity contribution in [3.05, 3.63) is 68.8 Å². The molecule has 0 aliphatic carbocycles. The third-order valence-corrected chi connectivity index (χ3v) is 3.15. The summed E-state index contributed by atoms with van der Waals surface area (Å²) < 4.78 is 0. The highest BCUT2D eigenvalue weighted by Crippen LogP contribution is 2.21. The molecule has 0 saturated heterocycles. The molecule has 108 valence electrons. The fraction of sp³-hybridized carbons (Fsp3) is 0.188. The molecule has 0 aliphatic heterocycles. The first-order valence-electron chi connectivity index (χ1n) is 6.51. The van der Waals surface area contributed by atoms with Crippen LogP contribution in [0.3, 0.4) is 0 Å². The van der Waals surface area contributed by atoms with E-state index in [9.17, 15) is 14.9 Å². The molecule has 2 aromatic carbocycles. The maximum absolute atomic E-state index is 12.2. The number of hydrogen-bond acceptors (Lipinski definition) is 3. The van der Waals surface area contributed by atoms with Crippen LogP contribution < -0.4 is 5.32 Å². The van der Waals surface area contributed by atoms with Crippen LogP contribution in [0, 0.1) is 30.9 Å². The Bertz CT molecular complexity index is 703. The summed E-state index contributed by atoms with van der Waals surface area (Å²) in [5.41, 5.74) is 3.51. The zero-order valence-electron chi connectivity index (χ0n) is 12.1. The first-order chi connectivity index (χ1) is 9.86. The van der Waals surface area contributed by atoms with E-state index in [0.717, 1.165) is 11.1 Å².